The van der Waals surface area contributed by atoms with Crippen LogP contribution in [0.3, 0.4) is 0 Å². The quantitative estimate of drug-likeness (QED) is 0.884. The number of anilines is 1. The van der Waals surface area contributed by atoms with E-state index in [0.717, 1.165) is 11.3 Å². The number of nitrogens with zero attached hydrogens (tertiary/aromatic N) is 1. The summed E-state index contributed by atoms with van der Waals surface area (Å²) in [5, 5.41) is 6.83. The molecule has 0 aliphatic carbocycles. The Bertz CT molecular complexity index is 589. The van der Waals surface area contributed by atoms with Gasteiger partial charge < -0.3 is 10.1 Å². The minimum absolute atomic E-state index is 0.135. The predicted molar refractivity (Wildman–Crippen MR) is 80.7 cm³/mol. The number of benzene rings is 1. The van der Waals surface area contributed by atoms with Gasteiger partial charge in [-0.2, -0.15) is 5.10 Å². The smallest absolute Gasteiger partial charge is 0.221 e. The first-order chi connectivity index (χ1) is 9.72. The second-order valence-electron chi connectivity index (χ2n) is 4.15. The van der Waals surface area contributed by atoms with Gasteiger partial charge in [0.2, 0.25) is 5.91 Å². The molecule has 1 aliphatic rings. The van der Waals surface area contributed by atoms with E-state index in [4.69, 9.17) is 4.74 Å². The Kier molecular flexibility index (Phi) is 4.55. The fraction of sp³-hybridized carbons (Fsp3) is 0.200. The van der Waals surface area contributed by atoms with Crippen molar-refractivity contribution in [3.63, 3.8) is 0 Å². The summed E-state index contributed by atoms with van der Waals surface area (Å²) in [5.74, 6) is 0.498. The Morgan fingerprint density at radius 2 is 2.25 bits per heavy atom. The normalized spacial score (nSPS) is 13.2. The van der Waals surface area contributed by atoms with Gasteiger partial charge in [-0.1, -0.05) is 12.1 Å². The van der Waals surface area contributed by atoms with E-state index in [1.165, 1.54) is 6.92 Å². The molecular weight excluding hydrogens is 254 g/mol. The van der Waals surface area contributed by atoms with Crippen LogP contribution in [-0.4, -0.2) is 18.7 Å². The lowest BCUT2D eigenvalue weighted by Gasteiger charge is -2.16. The second-order valence-corrected chi connectivity index (χ2v) is 4.15. The van der Waals surface area contributed by atoms with Gasteiger partial charge in [0.25, 0.3) is 0 Å². The van der Waals surface area contributed by atoms with Gasteiger partial charge in [-0.25, -0.2) is 0 Å². The van der Waals surface area contributed by atoms with Crippen LogP contribution < -0.4 is 15.5 Å². The van der Waals surface area contributed by atoms with Crippen molar-refractivity contribution in [1.82, 2.24) is 5.43 Å². The molecule has 0 atom stereocenters. The summed E-state index contributed by atoms with van der Waals surface area (Å²) >= 11 is 0. The molecule has 1 aromatic rings. The van der Waals surface area contributed by atoms with Crippen molar-refractivity contribution in [3.8, 4) is 5.75 Å². The van der Waals surface area contributed by atoms with E-state index in [1.807, 2.05) is 43.4 Å². The zero-order valence-corrected chi connectivity index (χ0v) is 11.5. The van der Waals surface area contributed by atoms with Crippen LogP contribution in [0.25, 0.3) is 5.70 Å². The fourth-order valence-electron chi connectivity index (χ4n) is 1.88. The minimum Gasteiger partial charge on any atom is -0.491 e. The maximum atomic E-state index is 11.3. The summed E-state index contributed by atoms with van der Waals surface area (Å²) in [7, 11) is 0. The molecule has 2 N–H and O–H groups in total. The van der Waals surface area contributed by atoms with E-state index >= 15 is 0 Å². The Labute approximate surface area is 118 Å². The van der Waals surface area contributed by atoms with Gasteiger partial charge >= 0.3 is 0 Å². The largest absolute Gasteiger partial charge is 0.491 e. The lowest BCUT2D eigenvalue weighted by molar-refractivity contribution is -0.114. The van der Waals surface area contributed by atoms with Crippen molar-refractivity contribution in [2.75, 3.05) is 11.9 Å². The van der Waals surface area contributed by atoms with E-state index in [2.05, 4.69) is 15.8 Å². The standard InChI is InChI=1S/C15H17N3O2/c1-3-20-15-12(13-8-4-5-10-16-18-13)7-6-9-14(15)17-11(2)19/h4-10,18H,3H2,1-2H3,(H,17,19). The predicted octanol–water partition coefficient (Wildman–Crippen LogP) is 2.53. The number of amides is 1. The van der Waals surface area contributed by atoms with Crippen molar-refractivity contribution >= 4 is 23.5 Å². The number of allylic oxidation sites excluding steroid dienone is 3. The van der Waals surface area contributed by atoms with Crippen LogP contribution in [0.15, 0.2) is 41.5 Å². The maximum absolute atomic E-state index is 11.3. The van der Waals surface area contributed by atoms with Crippen LogP contribution >= 0.6 is 0 Å². The number of rotatable bonds is 4. The minimum atomic E-state index is -0.135. The van der Waals surface area contributed by atoms with Gasteiger partial charge in [0.1, 0.15) is 0 Å². The Morgan fingerprint density at radius 3 is 3.00 bits per heavy atom. The average Bonchev–Trinajstić information content (AvgIpc) is 2.69. The second kappa shape index (κ2) is 6.56. The van der Waals surface area contributed by atoms with E-state index < -0.39 is 0 Å². The molecule has 1 aromatic carbocycles. The third-order valence-electron chi connectivity index (χ3n) is 2.62. The zero-order valence-electron chi connectivity index (χ0n) is 11.5. The summed E-state index contributed by atoms with van der Waals surface area (Å²) in [5.41, 5.74) is 5.26. The van der Waals surface area contributed by atoms with Gasteiger partial charge in [-0.15, -0.1) is 0 Å². The number of ether oxygens (including phenoxy) is 1. The number of nitrogens with one attached hydrogen (secondary N) is 2. The summed E-state index contributed by atoms with van der Waals surface area (Å²) in [6.07, 6.45) is 7.29. The SMILES string of the molecule is CCOc1c(NC(C)=O)cccc1C1=CC=CC=NN1. The molecule has 1 amide bonds. The summed E-state index contributed by atoms with van der Waals surface area (Å²) in [6, 6.07) is 5.60. The van der Waals surface area contributed by atoms with Gasteiger partial charge in [0.05, 0.1) is 18.0 Å². The number of hydrogen-bond acceptors (Lipinski definition) is 4. The number of para-hydroxylation sites is 1. The average molecular weight is 271 g/mol. The summed E-state index contributed by atoms with van der Waals surface area (Å²) in [4.78, 5) is 11.3. The molecule has 5 nitrogen and oxygen atoms in total. The Hall–Kier alpha value is -2.56. The van der Waals surface area contributed by atoms with Gasteiger partial charge in [-0.3, -0.25) is 10.2 Å². The monoisotopic (exact) mass is 271 g/mol. The van der Waals surface area contributed by atoms with Crippen molar-refractivity contribution in [1.29, 1.82) is 0 Å². The van der Waals surface area contributed by atoms with Crippen molar-refractivity contribution in [2.24, 2.45) is 5.10 Å². The molecule has 104 valence electrons. The highest BCUT2D eigenvalue weighted by atomic mass is 16.5. The first-order valence-corrected chi connectivity index (χ1v) is 6.42. The summed E-state index contributed by atoms with van der Waals surface area (Å²) < 4.78 is 5.69. The topological polar surface area (TPSA) is 62.7 Å². The molecular formula is C15H17N3O2. The molecule has 5 heteroatoms. The molecule has 0 aromatic heterocycles. The van der Waals surface area contributed by atoms with Crippen molar-refractivity contribution in [2.45, 2.75) is 13.8 Å². The highest BCUT2D eigenvalue weighted by molar-refractivity contribution is 5.92. The van der Waals surface area contributed by atoms with Crippen LogP contribution in [-0.2, 0) is 4.79 Å². The highest BCUT2D eigenvalue weighted by Gasteiger charge is 2.14. The Morgan fingerprint density at radius 1 is 1.40 bits per heavy atom. The molecule has 0 bridgehead atoms. The van der Waals surface area contributed by atoms with Crippen LogP contribution in [0.1, 0.15) is 19.4 Å². The Balaban J connectivity index is 2.46. The van der Waals surface area contributed by atoms with Crippen molar-refractivity contribution in [3.05, 3.63) is 42.0 Å². The first-order valence-electron chi connectivity index (χ1n) is 6.42. The zero-order chi connectivity index (χ0) is 14.4. The number of carbonyl (C=O) groups is 1. The van der Waals surface area contributed by atoms with Gasteiger partial charge in [0, 0.05) is 18.7 Å². The summed E-state index contributed by atoms with van der Waals surface area (Å²) in [6.45, 7) is 3.88. The molecule has 2 rings (SSSR count). The van der Waals surface area contributed by atoms with Crippen LogP contribution in [0.4, 0.5) is 5.69 Å². The fourth-order valence-corrected chi connectivity index (χ4v) is 1.88. The number of hydrogen-bond donors (Lipinski definition) is 2. The van der Waals surface area contributed by atoms with E-state index in [0.29, 0.717) is 18.0 Å². The molecule has 20 heavy (non-hydrogen) atoms. The van der Waals surface area contributed by atoms with Crippen molar-refractivity contribution < 1.29 is 9.53 Å². The molecule has 0 saturated carbocycles. The maximum Gasteiger partial charge on any atom is 0.221 e. The van der Waals surface area contributed by atoms with Crippen LogP contribution in [0, 0.1) is 0 Å². The number of carbonyl (C=O) groups excluding carboxylic acids is 1. The van der Waals surface area contributed by atoms with Crippen LogP contribution in [0.2, 0.25) is 0 Å². The molecule has 1 aliphatic heterocycles. The number of hydrazone groups is 1. The highest BCUT2D eigenvalue weighted by Crippen LogP contribution is 2.33. The van der Waals surface area contributed by atoms with Crippen LogP contribution in [0.5, 0.6) is 5.75 Å². The van der Waals surface area contributed by atoms with E-state index in [9.17, 15) is 4.79 Å². The molecule has 0 spiro atoms. The molecule has 0 unspecified atom stereocenters. The van der Waals surface area contributed by atoms with E-state index in [-0.39, 0.29) is 5.91 Å². The van der Waals surface area contributed by atoms with Gasteiger partial charge in [0.15, 0.2) is 5.75 Å². The lowest BCUT2D eigenvalue weighted by atomic mass is 10.1. The molecule has 0 saturated heterocycles. The third-order valence-corrected chi connectivity index (χ3v) is 2.62. The lowest BCUT2D eigenvalue weighted by Crippen LogP contribution is -2.11. The first kappa shape index (κ1) is 13.9. The molecule has 0 fully saturated rings. The molecule has 0 radical (unpaired) electrons. The third kappa shape index (κ3) is 3.26. The van der Waals surface area contributed by atoms with Gasteiger partial charge in [-0.05, 0) is 31.2 Å². The molecule has 1 heterocycles. The van der Waals surface area contributed by atoms with E-state index in [1.54, 1.807) is 6.21 Å².